The van der Waals surface area contributed by atoms with Crippen LogP contribution in [-0.4, -0.2) is 4.98 Å². The molecule has 0 atom stereocenters. The lowest BCUT2D eigenvalue weighted by Gasteiger charge is -1.89. The van der Waals surface area contributed by atoms with E-state index in [9.17, 15) is 0 Å². The van der Waals surface area contributed by atoms with E-state index in [-0.39, 0.29) is 0 Å². The highest BCUT2D eigenvalue weighted by molar-refractivity contribution is 5.85. The summed E-state index contributed by atoms with van der Waals surface area (Å²) in [5.74, 6) is 0.791. The molecule has 1 aromatic heterocycles. The van der Waals surface area contributed by atoms with Crippen molar-refractivity contribution in [3.05, 3.63) is 24.1 Å². The van der Waals surface area contributed by atoms with Gasteiger partial charge in [-0.2, -0.15) is 0 Å². The number of unbranched alkanes of at least 4 members (excludes halogenated alkanes) is 1. The van der Waals surface area contributed by atoms with Crippen molar-refractivity contribution >= 4 is 16.8 Å². The Labute approximate surface area is 82.9 Å². The molecular formula is C11H14N2O. The molecule has 3 nitrogen and oxygen atoms in total. The Morgan fingerprint density at radius 1 is 1.43 bits per heavy atom. The van der Waals surface area contributed by atoms with E-state index in [1.54, 1.807) is 0 Å². The first kappa shape index (κ1) is 9.06. The standard InChI is InChI=1S/C11H14N2O/c1-2-3-7-10-13-11-8(12)5-4-6-9(11)14-10/h4-6H,2-3,7,12H2,1H3. The molecule has 0 saturated carbocycles. The van der Waals surface area contributed by atoms with Crippen LogP contribution in [0.1, 0.15) is 25.7 Å². The van der Waals surface area contributed by atoms with Crippen LogP contribution in [0.5, 0.6) is 0 Å². The fourth-order valence-electron chi connectivity index (χ4n) is 1.45. The maximum atomic E-state index is 5.78. The largest absolute Gasteiger partial charge is 0.441 e. The molecule has 0 aliphatic rings. The number of rotatable bonds is 3. The third-order valence-corrected chi connectivity index (χ3v) is 2.24. The number of aryl methyl sites for hydroxylation is 1. The van der Waals surface area contributed by atoms with Crippen LogP contribution in [0.25, 0.3) is 11.1 Å². The van der Waals surface area contributed by atoms with Gasteiger partial charge in [-0.05, 0) is 18.6 Å². The molecule has 0 unspecified atom stereocenters. The van der Waals surface area contributed by atoms with Crippen LogP contribution in [-0.2, 0) is 6.42 Å². The second kappa shape index (κ2) is 3.70. The van der Waals surface area contributed by atoms with Gasteiger partial charge in [0.1, 0.15) is 5.52 Å². The summed E-state index contributed by atoms with van der Waals surface area (Å²) in [5.41, 5.74) is 8.04. The Kier molecular flexibility index (Phi) is 2.39. The van der Waals surface area contributed by atoms with E-state index < -0.39 is 0 Å². The van der Waals surface area contributed by atoms with Gasteiger partial charge in [-0.25, -0.2) is 4.98 Å². The van der Waals surface area contributed by atoms with Crippen LogP contribution < -0.4 is 5.73 Å². The monoisotopic (exact) mass is 190 g/mol. The number of oxazole rings is 1. The highest BCUT2D eigenvalue weighted by atomic mass is 16.3. The summed E-state index contributed by atoms with van der Waals surface area (Å²) in [6, 6.07) is 5.62. The Balaban J connectivity index is 2.36. The number of benzene rings is 1. The number of anilines is 1. The van der Waals surface area contributed by atoms with Gasteiger partial charge in [0.2, 0.25) is 0 Å². The van der Waals surface area contributed by atoms with Crippen molar-refractivity contribution in [1.82, 2.24) is 4.98 Å². The summed E-state index contributed by atoms with van der Waals surface area (Å²) in [7, 11) is 0. The molecule has 0 bridgehead atoms. The lowest BCUT2D eigenvalue weighted by molar-refractivity contribution is 0.517. The minimum absolute atomic E-state index is 0.689. The first-order valence-corrected chi connectivity index (χ1v) is 4.95. The van der Waals surface area contributed by atoms with Crippen molar-refractivity contribution in [2.24, 2.45) is 0 Å². The van der Waals surface area contributed by atoms with E-state index in [2.05, 4.69) is 11.9 Å². The van der Waals surface area contributed by atoms with Crippen molar-refractivity contribution < 1.29 is 4.42 Å². The molecule has 1 aromatic carbocycles. The number of nitrogens with zero attached hydrogens (tertiary/aromatic N) is 1. The summed E-state index contributed by atoms with van der Waals surface area (Å²) in [4.78, 5) is 4.36. The van der Waals surface area contributed by atoms with E-state index in [1.165, 1.54) is 0 Å². The molecule has 3 heteroatoms. The molecule has 14 heavy (non-hydrogen) atoms. The Hall–Kier alpha value is -1.51. The van der Waals surface area contributed by atoms with E-state index in [0.717, 1.165) is 36.3 Å². The van der Waals surface area contributed by atoms with Crippen molar-refractivity contribution in [1.29, 1.82) is 0 Å². The average molecular weight is 190 g/mol. The average Bonchev–Trinajstić information content (AvgIpc) is 2.59. The van der Waals surface area contributed by atoms with Gasteiger partial charge in [-0.1, -0.05) is 19.4 Å². The summed E-state index contributed by atoms with van der Waals surface area (Å²) in [6.07, 6.45) is 3.14. The zero-order chi connectivity index (χ0) is 9.97. The van der Waals surface area contributed by atoms with Crippen molar-refractivity contribution in [3.8, 4) is 0 Å². The van der Waals surface area contributed by atoms with Crippen molar-refractivity contribution in [2.45, 2.75) is 26.2 Å². The summed E-state index contributed by atoms with van der Waals surface area (Å²) >= 11 is 0. The third kappa shape index (κ3) is 1.58. The molecule has 74 valence electrons. The smallest absolute Gasteiger partial charge is 0.195 e. The lowest BCUT2D eigenvalue weighted by atomic mass is 10.2. The summed E-state index contributed by atoms with van der Waals surface area (Å²) in [5, 5.41) is 0. The molecule has 2 rings (SSSR count). The molecule has 0 aliphatic heterocycles. The topological polar surface area (TPSA) is 52.0 Å². The third-order valence-electron chi connectivity index (χ3n) is 2.24. The normalized spacial score (nSPS) is 10.9. The minimum Gasteiger partial charge on any atom is -0.441 e. The van der Waals surface area contributed by atoms with Crippen molar-refractivity contribution in [2.75, 3.05) is 5.73 Å². The van der Waals surface area contributed by atoms with Gasteiger partial charge in [0.05, 0.1) is 5.69 Å². The van der Waals surface area contributed by atoms with Crippen LogP contribution >= 0.6 is 0 Å². The molecule has 0 spiro atoms. The van der Waals surface area contributed by atoms with Gasteiger partial charge < -0.3 is 10.2 Å². The SMILES string of the molecule is CCCCc1nc2c(N)cccc2o1. The maximum absolute atomic E-state index is 5.78. The predicted molar refractivity (Wildman–Crippen MR) is 57.0 cm³/mol. The van der Waals surface area contributed by atoms with E-state index in [1.807, 2.05) is 18.2 Å². The fourth-order valence-corrected chi connectivity index (χ4v) is 1.45. The second-order valence-electron chi connectivity index (χ2n) is 3.41. The number of aromatic nitrogens is 1. The molecular weight excluding hydrogens is 176 g/mol. The first-order chi connectivity index (χ1) is 6.81. The molecule has 1 heterocycles. The molecule has 0 aliphatic carbocycles. The molecule has 0 radical (unpaired) electrons. The minimum atomic E-state index is 0.689. The van der Waals surface area contributed by atoms with E-state index in [0.29, 0.717) is 5.69 Å². The Morgan fingerprint density at radius 2 is 2.29 bits per heavy atom. The van der Waals surface area contributed by atoms with E-state index >= 15 is 0 Å². The maximum Gasteiger partial charge on any atom is 0.195 e. The number of para-hydroxylation sites is 1. The molecule has 2 N–H and O–H groups in total. The zero-order valence-electron chi connectivity index (χ0n) is 8.29. The zero-order valence-corrected chi connectivity index (χ0v) is 8.29. The van der Waals surface area contributed by atoms with Gasteiger partial charge in [-0.3, -0.25) is 0 Å². The summed E-state index contributed by atoms with van der Waals surface area (Å²) < 4.78 is 5.56. The van der Waals surface area contributed by atoms with Crippen molar-refractivity contribution in [3.63, 3.8) is 0 Å². The van der Waals surface area contributed by atoms with Crippen LogP contribution in [0.15, 0.2) is 22.6 Å². The lowest BCUT2D eigenvalue weighted by Crippen LogP contribution is -1.86. The van der Waals surface area contributed by atoms with Gasteiger partial charge >= 0.3 is 0 Å². The predicted octanol–water partition coefficient (Wildman–Crippen LogP) is 2.75. The quantitative estimate of drug-likeness (QED) is 0.757. The molecule has 2 aromatic rings. The Bertz CT molecular complexity index is 434. The van der Waals surface area contributed by atoms with E-state index in [4.69, 9.17) is 10.2 Å². The van der Waals surface area contributed by atoms with Crippen LogP contribution in [0.3, 0.4) is 0 Å². The van der Waals surface area contributed by atoms with Crippen LogP contribution in [0.4, 0.5) is 5.69 Å². The Morgan fingerprint density at radius 3 is 3.00 bits per heavy atom. The van der Waals surface area contributed by atoms with Crippen LogP contribution in [0.2, 0.25) is 0 Å². The highest BCUT2D eigenvalue weighted by Crippen LogP contribution is 2.21. The highest BCUT2D eigenvalue weighted by Gasteiger charge is 2.06. The molecule has 0 saturated heterocycles. The van der Waals surface area contributed by atoms with Gasteiger partial charge in [0.25, 0.3) is 0 Å². The fraction of sp³-hybridized carbons (Fsp3) is 0.364. The first-order valence-electron chi connectivity index (χ1n) is 4.95. The number of nitrogens with two attached hydrogens (primary N) is 1. The number of nitrogen functional groups attached to an aromatic ring is 1. The van der Waals surface area contributed by atoms with Gasteiger partial charge in [0, 0.05) is 6.42 Å². The number of hydrogen-bond acceptors (Lipinski definition) is 3. The molecule has 0 amide bonds. The summed E-state index contributed by atoms with van der Waals surface area (Å²) in [6.45, 7) is 2.15. The number of fused-ring (bicyclic) bond motifs is 1. The van der Waals surface area contributed by atoms with Gasteiger partial charge in [-0.15, -0.1) is 0 Å². The van der Waals surface area contributed by atoms with Crippen LogP contribution in [0, 0.1) is 0 Å². The number of hydrogen-bond donors (Lipinski definition) is 1. The van der Waals surface area contributed by atoms with Gasteiger partial charge in [0.15, 0.2) is 11.5 Å². The second-order valence-corrected chi connectivity index (χ2v) is 3.41. The molecule has 0 fully saturated rings.